The number of methoxy groups -OCH3 is 1. The number of aryl methyl sites for hydroxylation is 2. The Morgan fingerprint density at radius 2 is 1.94 bits per heavy atom. The van der Waals surface area contributed by atoms with Gasteiger partial charge in [0.25, 0.3) is 0 Å². The van der Waals surface area contributed by atoms with Crippen LogP contribution in [0.2, 0.25) is 0 Å². The van der Waals surface area contributed by atoms with Gasteiger partial charge in [0, 0.05) is 20.6 Å². The van der Waals surface area contributed by atoms with Gasteiger partial charge < -0.3 is 19.8 Å². The molecule has 1 aromatic rings. The second-order valence-corrected chi connectivity index (χ2v) is 4.01. The molecule has 0 saturated carbocycles. The molecule has 0 aliphatic carbocycles. The van der Waals surface area contributed by atoms with Gasteiger partial charge in [-0.05, 0) is 26.4 Å². The van der Waals surface area contributed by atoms with Crippen molar-refractivity contribution >= 4 is 0 Å². The molecule has 0 aromatic carbocycles. The molecular formula is C12H23N3O2. The quantitative estimate of drug-likeness (QED) is 0.632. The normalized spacial score (nSPS) is 11.0. The van der Waals surface area contributed by atoms with Crippen molar-refractivity contribution < 1.29 is 9.15 Å². The Morgan fingerprint density at radius 3 is 2.59 bits per heavy atom. The predicted molar refractivity (Wildman–Crippen MR) is 67.0 cm³/mol. The smallest absolute Gasteiger partial charge is 0.191 e. The molecule has 0 unspecified atom stereocenters. The lowest BCUT2D eigenvalue weighted by molar-refractivity contribution is 0.199. The third-order valence-electron chi connectivity index (χ3n) is 2.48. The highest BCUT2D eigenvalue weighted by atomic mass is 16.5. The number of ether oxygens (including phenoxy) is 1. The number of rotatable bonds is 9. The van der Waals surface area contributed by atoms with Crippen LogP contribution in [-0.2, 0) is 11.3 Å². The van der Waals surface area contributed by atoms with Crippen molar-refractivity contribution in [3.8, 4) is 0 Å². The highest BCUT2D eigenvalue weighted by molar-refractivity contribution is 5.06. The molecule has 0 aliphatic rings. The molecule has 0 amide bonds. The fourth-order valence-electron chi connectivity index (χ4n) is 1.58. The predicted octanol–water partition coefficient (Wildman–Crippen LogP) is 1.01. The summed E-state index contributed by atoms with van der Waals surface area (Å²) in [5.41, 5.74) is 0.980. The van der Waals surface area contributed by atoms with Gasteiger partial charge >= 0.3 is 0 Å². The minimum Gasteiger partial charge on any atom is -0.444 e. The fourth-order valence-corrected chi connectivity index (χ4v) is 1.58. The van der Waals surface area contributed by atoms with Gasteiger partial charge in [0.2, 0.25) is 0 Å². The highest BCUT2D eigenvalue weighted by Crippen LogP contribution is 2.08. The summed E-state index contributed by atoms with van der Waals surface area (Å²) in [4.78, 5) is 4.23. The minimum absolute atomic E-state index is 0.737. The number of hydrogen-bond donors (Lipinski definition) is 2. The van der Waals surface area contributed by atoms with Crippen LogP contribution in [0, 0.1) is 13.8 Å². The number of nitrogens with one attached hydrogen (secondary N) is 2. The van der Waals surface area contributed by atoms with Crippen molar-refractivity contribution in [2.24, 2.45) is 0 Å². The maximum Gasteiger partial charge on any atom is 0.191 e. The zero-order valence-corrected chi connectivity index (χ0v) is 11.0. The monoisotopic (exact) mass is 241 g/mol. The molecule has 2 N–H and O–H groups in total. The molecule has 5 heteroatoms. The average Bonchev–Trinajstić information content (AvgIpc) is 2.61. The molecule has 0 radical (unpaired) electrons. The Kier molecular flexibility index (Phi) is 6.84. The first kappa shape index (κ1) is 14.2. The maximum absolute atomic E-state index is 5.47. The van der Waals surface area contributed by atoms with E-state index < -0.39 is 0 Å². The first-order chi connectivity index (χ1) is 8.24. The average molecular weight is 241 g/mol. The highest BCUT2D eigenvalue weighted by Gasteiger charge is 2.04. The largest absolute Gasteiger partial charge is 0.444 e. The van der Waals surface area contributed by atoms with E-state index in [0.29, 0.717) is 0 Å². The van der Waals surface area contributed by atoms with E-state index in [1.54, 1.807) is 7.11 Å². The van der Waals surface area contributed by atoms with Crippen LogP contribution >= 0.6 is 0 Å². The summed E-state index contributed by atoms with van der Waals surface area (Å²) in [5.74, 6) is 1.68. The van der Waals surface area contributed by atoms with Gasteiger partial charge in [-0.25, -0.2) is 4.98 Å². The van der Waals surface area contributed by atoms with E-state index in [0.717, 1.165) is 56.6 Å². The van der Waals surface area contributed by atoms with E-state index in [9.17, 15) is 0 Å². The molecule has 1 aromatic heterocycles. The Bertz CT molecular complexity index is 313. The van der Waals surface area contributed by atoms with Crippen LogP contribution < -0.4 is 10.6 Å². The van der Waals surface area contributed by atoms with E-state index >= 15 is 0 Å². The summed E-state index contributed by atoms with van der Waals surface area (Å²) in [7, 11) is 1.71. The Labute approximate surface area is 103 Å². The van der Waals surface area contributed by atoms with Gasteiger partial charge in [-0.15, -0.1) is 0 Å². The molecule has 0 saturated heterocycles. The van der Waals surface area contributed by atoms with Crippen molar-refractivity contribution in [3.05, 3.63) is 17.3 Å². The molecule has 0 atom stereocenters. The van der Waals surface area contributed by atoms with Crippen LogP contribution in [0.3, 0.4) is 0 Å². The van der Waals surface area contributed by atoms with Crippen molar-refractivity contribution in [1.82, 2.24) is 15.6 Å². The third-order valence-corrected chi connectivity index (χ3v) is 2.48. The van der Waals surface area contributed by atoms with E-state index in [4.69, 9.17) is 9.15 Å². The van der Waals surface area contributed by atoms with Crippen molar-refractivity contribution in [2.45, 2.75) is 26.8 Å². The zero-order chi connectivity index (χ0) is 12.5. The van der Waals surface area contributed by atoms with Gasteiger partial charge in [-0.1, -0.05) is 0 Å². The summed E-state index contributed by atoms with van der Waals surface area (Å²) in [6.45, 7) is 8.26. The van der Waals surface area contributed by atoms with E-state index in [2.05, 4.69) is 15.6 Å². The van der Waals surface area contributed by atoms with Crippen LogP contribution in [0.4, 0.5) is 0 Å². The van der Waals surface area contributed by atoms with E-state index in [1.165, 1.54) is 0 Å². The number of aromatic nitrogens is 1. The Hall–Kier alpha value is -0.910. The molecule has 0 aliphatic heterocycles. The fraction of sp³-hybridized carbons (Fsp3) is 0.750. The van der Waals surface area contributed by atoms with Gasteiger partial charge in [-0.2, -0.15) is 0 Å². The first-order valence-corrected chi connectivity index (χ1v) is 6.07. The second kappa shape index (κ2) is 8.22. The third kappa shape index (κ3) is 5.81. The number of nitrogens with zero attached hydrogens (tertiary/aromatic N) is 1. The van der Waals surface area contributed by atoms with Gasteiger partial charge in [0.1, 0.15) is 5.76 Å². The molecule has 17 heavy (non-hydrogen) atoms. The molecule has 1 heterocycles. The van der Waals surface area contributed by atoms with Crippen molar-refractivity contribution in [2.75, 3.05) is 33.4 Å². The van der Waals surface area contributed by atoms with E-state index in [-0.39, 0.29) is 0 Å². The lowest BCUT2D eigenvalue weighted by Gasteiger charge is -2.05. The van der Waals surface area contributed by atoms with Crippen LogP contribution in [0.1, 0.15) is 23.8 Å². The summed E-state index contributed by atoms with van der Waals surface area (Å²) in [6.07, 6.45) is 1.09. The molecular weight excluding hydrogens is 218 g/mol. The molecule has 98 valence electrons. The van der Waals surface area contributed by atoms with Crippen LogP contribution in [-0.4, -0.2) is 38.3 Å². The van der Waals surface area contributed by atoms with Crippen molar-refractivity contribution in [1.29, 1.82) is 0 Å². The minimum atomic E-state index is 0.737. The summed E-state index contributed by atoms with van der Waals surface area (Å²) >= 11 is 0. The molecule has 0 bridgehead atoms. The first-order valence-electron chi connectivity index (χ1n) is 6.07. The Balaban J connectivity index is 1.99. The topological polar surface area (TPSA) is 59.3 Å². The molecule has 0 fully saturated rings. The van der Waals surface area contributed by atoms with Gasteiger partial charge in [-0.3, -0.25) is 0 Å². The molecule has 0 spiro atoms. The van der Waals surface area contributed by atoms with Gasteiger partial charge in [0.05, 0.1) is 18.8 Å². The SMILES string of the molecule is COCCNCCCNCc1oc(C)nc1C. The lowest BCUT2D eigenvalue weighted by Crippen LogP contribution is -2.24. The van der Waals surface area contributed by atoms with Crippen LogP contribution in [0.5, 0.6) is 0 Å². The van der Waals surface area contributed by atoms with Crippen molar-refractivity contribution in [3.63, 3.8) is 0 Å². The van der Waals surface area contributed by atoms with Gasteiger partial charge in [0.15, 0.2) is 5.89 Å². The maximum atomic E-state index is 5.47. The van der Waals surface area contributed by atoms with E-state index in [1.807, 2.05) is 13.8 Å². The summed E-state index contributed by atoms with van der Waals surface area (Å²) in [6, 6.07) is 0. The lowest BCUT2D eigenvalue weighted by atomic mass is 10.3. The van der Waals surface area contributed by atoms with Crippen LogP contribution in [0.25, 0.3) is 0 Å². The number of hydrogen-bond acceptors (Lipinski definition) is 5. The molecule has 1 rings (SSSR count). The Morgan fingerprint density at radius 1 is 1.18 bits per heavy atom. The summed E-state index contributed by atoms with van der Waals surface area (Å²) < 4.78 is 10.4. The molecule has 5 nitrogen and oxygen atoms in total. The van der Waals surface area contributed by atoms with Crippen LogP contribution in [0.15, 0.2) is 4.42 Å². The zero-order valence-electron chi connectivity index (χ0n) is 11.0. The second-order valence-electron chi connectivity index (χ2n) is 4.01. The number of oxazole rings is 1. The standard InChI is InChI=1S/C12H23N3O2/c1-10-12(17-11(2)15-10)9-14-6-4-5-13-7-8-16-3/h13-14H,4-9H2,1-3H3. The summed E-state index contributed by atoms with van der Waals surface area (Å²) in [5, 5.41) is 6.64.